The van der Waals surface area contributed by atoms with Crippen LogP contribution >= 0.6 is 0 Å². The lowest BCUT2D eigenvalue weighted by atomic mass is 9.98. The quantitative estimate of drug-likeness (QED) is 0.669. The zero-order valence-electron chi connectivity index (χ0n) is 16.8. The number of nitrogens with zero attached hydrogens (tertiary/aromatic N) is 1. The van der Waals surface area contributed by atoms with E-state index in [0.29, 0.717) is 22.5 Å². The number of anilines is 1. The molecule has 0 bridgehead atoms. The van der Waals surface area contributed by atoms with Crippen LogP contribution in [0.15, 0.2) is 77.8 Å². The molecule has 2 amide bonds. The number of halogens is 1. The maximum Gasteiger partial charge on any atom is 0.409 e. The van der Waals surface area contributed by atoms with Crippen molar-refractivity contribution in [2.75, 3.05) is 5.32 Å². The van der Waals surface area contributed by atoms with Crippen LogP contribution in [0.1, 0.15) is 22.3 Å². The van der Waals surface area contributed by atoms with E-state index in [1.54, 1.807) is 18.2 Å². The van der Waals surface area contributed by atoms with Crippen LogP contribution in [0.4, 0.5) is 14.9 Å². The largest absolute Gasteiger partial charge is 0.445 e. The van der Waals surface area contributed by atoms with Gasteiger partial charge >= 0.3 is 6.09 Å². The second kappa shape index (κ2) is 8.79. The van der Waals surface area contributed by atoms with Crippen molar-refractivity contribution in [1.82, 2.24) is 5.32 Å². The first-order valence-corrected chi connectivity index (χ1v) is 9.73. The van der Waals surface area contributed by atoms with Crippen LogP contribution in [0, 0.1) is 12.7 Å². The van der Waals surface area contributed by atoms with Crippen LogP contribution in [-0.4, -0.2) is 23.9 Å². The molecule has 1 aliphatic heterocycles. The molecule has 2 N–H and O–H groups in total. The van der Waals surface area contributed by atoms with E-state index < -0.39 is 24.0 Å². The van der Waals surface area contributed by atoms with Crippen molar-refractivity contribution in [3.05, 3.63) is 101 Å². The smallest absolute Gasteiger partial charge is 0.409 e. The fourth-order valence-corrected chi connectivity index (χ4v) is 3.32. The van der Waals surface area contributed by atoms with Crippen molar-refractivity contribution in [1.29, 1.82) is 0 Å². The van der Waals surface area contributed by atoms with Gasteiger partial charge in [-0.3, -0.25) is 10.1 Å². The summed E-state index contributed by atoms with van der Waals surface area (Å²) in [5.41, 5.74) is 3.73. The number of fused-ring (bicyclic) bond motifs is 1. The van der Waals surface area contributed by atoms with E-state index in [4.69, 9.17) is 4.74 Å². The van der Waals surface area contributed by atoms with Gasteiger partial charge in [-0.05, 0) is 30.2 Å². The minimum absolute atomic E-state index is 0.0564. The third-order valence-corrected chi connectivity index (χ3v) is 4.85. The number of amides is 2. The molecule has 1 heterocycles. The SMILES string of the molecule is Cc1cccc2c1NC(=O)[C@@H](NC(=O)OCc1ccccc1)N=C2c1cccc(F)c1. The average Bonchev–Trinajstić information content (AvgIpc) is 2.91. The lowest BCUT2D eigenvalue weighted by Gasteiger charge is -2.14. The molecule has 3 aromatic rings. The number of aryl methyl sites for hydroxylation is 1. The van der Waals surface area contributed by atoms with Crippen molar-refractivity contribution in [3.8, 4) is 0 Å². The third-order valence-electron chi connectivity index (χ3n) is 4.85. The lowest BCUT2D eigenvalue weighted by molar-refractivity contribution is -0.117. The zero-order valence-corrected chi connectivity index (χ0v) is 16.8. The van der Waals surface area contributed by atoms with Gasteiger partial charge in [0, 0.05) is 11.1 Å². The number of carbonyl (C=O) groups is 2. The summed E-state index contributed by atoms with van der Waals surface area (Å²) in [5.74, 6) is -0.941. The van der Waals surface area contributed by atoms with Gasteiger partial charge < -0.3 is 10.1 Å². The molecule has 156 valence electrons. The highest BCUT2D eigenvalue weighted by molar-refractivity contribution is 6.20. The van der Waals surface area contributed by atoms with Gasteiger partial charge in [-0.25, -0.2) is 14.2 Å². The number of ether oxygens (including phenoxy) is 1. The first-order chi connectivity index (χ1) is 15.0. The number of rotatable bonds is 4. The molecule has 3 aromatic carbocycles. The molecule has 0 aromatic heterocycles. The Labute approximate surface area is 178 Å². The predicted molar refractivity (Wildman–Crippen MR) is 115 cm³/mol. The highest BCUT2D eigenvalue weighted by atomic mass is 19.1. The fraction of sp³-hybridized carbons (Fsp3) is 0.125. The van der Waals surface area contributed by atoms with Gasteiger partial charge in [0.1, 0.15) is 12.4 Å². The zero-order chi connectivity index (χ0) is 21.8. The maximum atomic E-state index is 13.9. The Balaban J connectivity index is 1.64. The number of carbonyl (C=O) groups excluding carboxylic acids is 2. The number of hydrogen-bond acceptors (Lipinski definition) is 4. The molecular weight excluding hydrogens is 397 g/mol. The topological polar surface area (TPSA) is 79.8 Å². The van der Waals surface area contributed by atoms with Crippen LogP contribution < -0.4 is 10.6 Å². The minimum atomic E-state index is -1.24. The van der Waals surface area contributed by atoms with Crippen molar-refractivity contribution in [2.24, 2.45) is 4.99 Å². The van der Waals surface area contributed by atoms with Gasteiger partial charge in [-0.1, -0.05) is 60.7 Å². The van der Waals surface area contributed by atoms with E-state index in [2.05, 4.69) is 15.6 Å². The molecule has 6 nitrogen and oxygen atoms in total. The van der Waals surface area contributed by atoms with Crippen LogP contribution in [0.3, 0.4) is 0 Å². The van der Waals surface area contributed by atoms with Crippen molar-refractivity contribution in [2.45, 2.75) is 19.7 Å². The molecule has 4 rings (SSSR count). The average molecular weight is 417 g/mol. The number of hydrogen-bond donors (Lipinski definition) is 2. The second-order valence-electron chi connectivity index (χ2n) is 7.08. The summed E-state index contributed by atoms with van der Waals surface area (Å²) in [6.45, 7) is 1.91. The molecule has 1 aliphatic rings. The third kappa shape index (κ3) is 4.61. The molecule has 0 aliphatic carbocycles. The highest BCUT2D eigenvalue weighted by Crippen LogP contribution is 2.27. The summed E-state index contributed by atoms with van der Waals surface area (Å²) >= 11 is 0. The highest BCUT2D eigenvalue weighted by Gasteiger charge is 2.28. The van der Waals surface area contributed by atoms with Gasteiger partial charge in [0.25, 0.3) is 5.91 Å². The number of nitrogens with one attached hydrogen (secondary N) is 2. The van der Waals surface area contributed by atoms with E-state index in [9.17, 15) is 14.0 Å². The monoisotopic (exact) mass is 417 g/mol. The van der Waals surface area contributed by atoms with Gasteiger partial charge in [0.05, 0.1) is 11.4 Å². The van der Waals surface area contributed by atoms with Crippen molar-refractivity contribution in [3.63, 3.8) is 0 Å². The molecule has 7 heteroatoms. The fourth-order valence-electron chi connectivity index (χ4n) is 3.32. The van der Waals surface area contributed by atoms with Crippen LogP contribution in [0.25, 0.3) is 0 Å². The maximum absolute atomic E-state index is 13.9. The standard InChI is InChI=1S/C24H20FN3O3/c1-15-7-5-12-19-20(15)27-23(29)22(26-21(19)17-10-6-11-18(25)13-17)28-24(30)31-14-16-8-3-2-4-9-16/h2-13,22H,14H2,1H3,(H,27,29)(H,28,30)/t22-/m1/s1. The van der Waals surface area contributed by atoms with E-state index in [0.717, 1.165) is 11.1 Å². The Morgan fingerprint density at radius 3 is 2.65 bits per heavy atom. The minimum Gasteiger partial charge on any atom is -0.445 e. The first kappa shape index (κ1) is 20.3. The predicted octanol–water partition coefficient (Wildman–Crippen LogP) is 4.18. The normalized spacial score (nSPS) is 15.2. The molecular formula is C24H20FN3O3. The van der Waals surface area contributed by atoms with E-state index >= 15 is 0 Å². The number of aliphatic imine (C=N–C) groups is 1. The Hall–Kier alpha value is -4.00. The summed E-state index contributed by atoms with van der Waals surface area (Å²) in [7, 11) is 0. The van der Waals surface area contributed by atoms with Gasteiger partial charge in [-0.15, -0.1) is 0 Å². The van der Waals surface area contributed by atoms with Gasteiger partial charge in [0.15, 0.2) is 0 Å². The molecule has 0 unspecified atom stereocenters. The summed E-state index contributed by atoms with van der Waals surface area (Å²) < 4.78 is 19.1. The molecule has 0 fully saturated rings. The van der Waals surface area contributed by atoms with Gasteiger partial charge in [-0.2, -0.15) is 0 Å². The number of alkyl carbamates (subject to hydrolysis) is 1. The summed E-state index contributed by atoms with van der Waals surface area (Å²) in [5, 5.41) is 5.31. The Kier molecular flexibility index (Phi) is 5.75. The number of para-hydroxylation sites is 1. The van der Waals surface area contributed by atoms with E-state index in [-0.39, 0.29) is 6.61 Å². The summed E-state index contributed by atoms with van der Waals surface area (Å²) in [6.07, 6.45) is -2.03. The lowest BCUT2D eigenvalue weighted by Crippen LogP contribution is -2.42. The first-order valence-electron chi connectivity index (χ1n) is 9.73. The van der Waals surface area contributed by atoms with Crippen molar-refractivity contribution >= 4 is 23.4 Å². The summed E-state index contributed by atoms with van der Waals surface area (Å²) in [4.78, 5) is 29.6. The van der Waals surface area contributed by atoms with Gasteiger partial charge in [0.2, 0.25) is 6.17 Å². The molecule has 0 spiro atoms. The van der Waals surface area contributed by atoms with Crippen LogP contribution in [-0.2, 0) is 16.1 Å². The number of benzodiazepines with no additional fused rings is 1. The Morgan fingerprint density at radius 1 is 1.10 bits per heavy atom. The number of benzene rings is 3. The molecule has 0 saturated heterocycles. The molecule has 31 heavy (non-hydrogen) atoms. The van der Waals surface area contributed by atoms with Crippen molar-refractivity contribution < 1.29 is 18.7 Å². The molecule has 0 saturated carbocycles. The van der Waals surface area contributed by atoms with E-state index in [1.807, 2.05) is 49.4 Å². The second-order valence-corrected chi connectivity index (χ2v) is 7.08. The molecule has 1 atom stereocenters. The molecule has 0 radical (unpaired) electrons. The van der Waals surface area contributed by atoms with Crippen LogP contribution in [0.5, 0.6) is 0 Å². The van der Waals surface area contributed by atoms with Crippen LogP contribution in [0.2, 0.25) is 0 Å². The summed E-state index contributed by atoms with van der Waals surface area (Å²) in [6, 6.07) is 20.6. The Bertz CT molecular complexity index is 1160. The Morgan fingerprint density at radius 2 is 1.87 bits per heavy atom. The van der Waals surface area contributed by atoms with E-state index in [1.165, 1.54) is 12.1 Å².